The van der Waals surface area contributed by atoms with E-state index in [9.17, 15) is 4.79 Å². The molecule has 1 heterocycles. The van der Waals surface area contributed by atoms with E-state index in [-0.39, 0.29) is 5.91 Å². The molecular weight excluding hydrogens is 352 g/mol. The van der Waals surface area contributed by atoms with Gasteiger partial charge in [0.15, 0.2) is 0 Å². The number of hydrogen-bond acceptors (Lipinski definition) is 2. The van der Waals surface area contributed by atoms with Gasteiger partial charge in [-0.1, -0.05) is 35.9 Å². The molecule has 3 aromatic rings. The lowest BCUT2D eigenvalue weighted by molar-refractivity contribution is 0.102. The van der Waals surface area contributed by atoms with Gasteiger partial charge in [-0.05, 0) is 45.6 Å². The summed E-state index contributed by atoms with van der Waals surface area (Å²) < 4.78 is 0.859. The van der Waals surface area contributed by atoms with Crippen molar-refractivity contribution in [1.82, 2.24) is 4.98 Å². The Hall–Kier alpha value is -1.91. The predicted molar refractivity (Wildman–Crippen MR) is 88.8 cm³/mol. The lowest BCUT2D eigenvalue weighted by atomic mass is 10.0. The second-order valence-corrected chi connectivity index (χ2v) is 5.78. The van der Waals surface area contributed by atoms with Gasteiger partial charge < -0.3 is 5.32 Å². The zero-order valence-electron chi connectivity index (χ0n) is 10.8. The number of fused-ring (bicyclic) bond motifs is 1. The minimum atomic E-state index is -0.210. The van der Waals surface area contributed by atoms with Gasteiger partial charge in [-0.3, -0.25) is 4.79 Å². The highest BCUT2D eigenvalue weighted by Gasteiger charge is 2.11. The Morgan fingerprint density at radius 1 is 1.05 bits per heavy atom. The van der Waals surface area contributed by atoms with Gasteiger partial charge in [0.25, 0.3) is 5.91 Å². The number of rotatable bonds is 2. The Morgan fingerprint density at radius 2 is 1.81 bits per heavy atom. The fourth-order valence-corrected chi connectivity index (χ4v) is 2.58. The van der Waals surface area contributed by atoms with Gasteiger partial charge in [-0.2, -0.15) is 0 Å². The Labute approximate surface area is 135 Å². The molecule has 0 saturated heterocycles. The van der Waals surface area contributed by atoms with Crippen LogP contribution in [-0.2, 0) is 0 Å². The number of pyridine rings is 1. The van der Waals surface area contributed by atoms with Gasteiger partial charge in [0, 0.05) is 26.6 Å². The normalized spacial score (nSPS) is 10.6. The van der Waals surface area contributed by atoms with Gasteiger partial charge >= 0.3 is 0 Å². The molecule has 0 unspecified atom stereocenters. The molecule has 1 N–H and O–H groups in total. The van der Waals surface area contributed by atoms with E-state index < -0.39 is 0 Å². The Bertz CT molecular complexity index is 818. The van der Waals surface area contributed by atoms with Crippen molar-refractivity contribution in [2.45, 2.75) is 0 Å². The summed E-state index contributed by atoms with van der Waals surface area (Å²) in [7, 11) is 0. The molecule has 0 saturated carbocycles. The van der Waals surface area contributed by atoms with E-state index in [2.05, 4.69) is 26.2 Å². The number of nitrogens with zero attached hydrogens (tertiary/aromatic N) is 1. The van der Waals surface area contributed by atoms with E-state index in [1.165, 1.54) is 0 Å². The third-order valence-electron chi connectivity index (χ3n) is 3.08. The van der Waals surface area contributed by atoms with Crippen molar-refractivity contribution in [2.24, 2.45) is 0 Å². The van der Waals surface area contributed by atoms with E-state index in [0.717, 1.165) is 15.2 Å². The fraction of sp³-hybridized carbons (Fsp3) is 0. The maximum Gasteiger partial charge on any atom is 0.257 e. The summed E-state index contributed by atoms with van der Waals surface area (Å²) in [4.78, 5) is 16.6. The average molecular weight is 362 g/mol. The van der Waals surface area contributed by atoms with Crippen molar-refractivity contribution in [3.05, 3.63) is 69.8 Å². The Morgan fingerprint density at radius 3 is 2.57 bits per heavy atom. The molecule has 0 aliphatic carbocycles. The van der Waals surface area contributed by atoms with Crippen molar-refractivity contribution >= 4 is 50.0 Å². The number of amides is 1. The first-order valence-corrected chi connectivity index (χ1v) is 7.42. The van der Waals surface area contributed by atoms with Crippen LogP contribution in [0.4, 0.5) is 5.82 Å². The van der Waals surface area contributed by atoms with Crippen LogP contribution in [0.3, 0.4) is 0 Å². The van der Waals surface area contributed by atoms with Crippen LogP contribution >= 0.6 is 27.5 Å². The summed E-state index contributed by atoms with van der Waals surface area (Å²) in [6.07, 6.45) is 1.63. The molecule has 0 bridgehead atoms. The molecule has 104 valence electrons. The highest BCUT2D eigenvalue weighted by molar-refractivity contribution is 9.10. The fourth-order valence-electron chi connectivity index (χ4n) is 2.10. The summed E-state index contributed by atoms with van der Waals surface area (Å²) in [5.74, 6) is 0.292. The molecule has 3 rings (SSSR count). The minimum absolute atomic E-state index is 0.210. The number of carbonyl (C=O) groups excluding carboxylic acids is 1. The predicted octanol–water partition coefficient (Wildman–Crippen LogP) is 4.90. The molecule has 0 aliphatic rings. The molecule has 0 fully saturated rings. The summed E-state index contributed by atoms with van der Waals surface area (Å²) in [5, 5.41) is 5.09. The molecule has 1 amide bonds. The number of carbonyl (C=O) groups is 1. The van der Waals surface area contributed by atoms with Crippen LogP contribution in [0.15, 0.2) is 59.2 Å². The molecule has 3 nitrogen and oxygen atoms in total. The summed E-state index contributed by atoms with van der Waals surface area (Å²) in [6.45, 7) is 0. The van der Waals surface area contributed by atoms with Crippen molar-refractivity contribution < 1.29 is 4.79 Å². The zero-order valence-corrected chi connectivity index (χ0v) is 13.1. The number of halogens is 2. The summed E-state index contributed by atoms with van der Waals surface area (Å²) in [6, 6.07) is 14.6. The molecule has 5 heteroatoms. The zero-order chi connectivity index (χ0) is 14.8. The first-order chi connectivity index (χ1) is 10.1. The standard InChI is InChI=1S/C16H10BrClN2O/c17-10-7-8-15(19-9-10)20-16(21)13-5-1-4-12-11(13)3-2-6-14(12)18/h1-9H,(H,19,20,21). The van der Waals surface area contributed by atoms with Crippen LogP contribution in [0.25, 0.3) is 10.8 Å². The first kappa shape index (κ1) is 14.0. The van der Waals surface area contributed by atoms with Crippen LogP contribution in [0.2, 0.25) is 5.02 Å². The number of anilines is 1. The molecule has 21 heavy (non-hydrogen) atoms. The Kier molecular flexibility index (Phi) is 3.90. The molecule has 0 radical (unpaired) electrons. The SMILES string of the molecule is O=C(Nc1ccc(Br)cn1)c1cccc2c(Cl)cccc12. The number of hydrogen-bond donors (Lipinski definition) is 1. The monoisotopic (exact) mass is 360 g/mol. The quantitative estimate of drug-likeness (QED) is 0.705. The smallest absolute Gasteiger partial charge is 0.257 e. The lowest BCUT2D eigenvalue weighted by Gasteiger charge is -2.08. The van der Waals surface area contributed by atoms with E-state index in [1.54, 1.807) is 18.3 Å². The number of benzene rings is 2. The van der Waals surface area contributed by atoms with Crippen LogP contribution in [0.5, 0.6) is 0 Å². The van der Waals surface area contributed by atoms with Gasteiger partial charge in [0.05, 0.1) is 0 Å². The molecular formula is C16H10BrClN2O. The average Bonchev–Trinajstić information content (AvgIpc) is 2.49. The van der Waals surface area contributed by atoms with Gasteiger partial charge in [-0.25, -0.2) is 4.98 Å². The largest absolute Gasteiger partial charge is 0.307 e. The van der Waals surface area contributed by atoms with E-state index in [4.69, 9.17) is 11.6 Å². The Balaban J connectivity index is 1.98. The second-order valence-electron chi connectivity index (χ2n) is 4.46. The minimum Gasteiger partial charge on any atom is -0.307 e. The van der Waals surface area contributed by atoms with Crippen molar-refractivity contribution in [3.63, 3.8) is 0 Å². The number of aromatic nitrogens is 1. The lowest BCUT2D eigenvalue weighted by Crippen LogP contribution is -2.13. The molecule has 2 aromatic carbocycles. The molecule has 0 aliphatic heterocycles. The van der Waals surface area contributed by atoms with Crippen LogP contribution in [-0.4, -0.2) is 10.9 Å². The van der Waals surface area contributed by atoms with E-state index in [1.807, 2.05) is 36.4 Å². The number of nitrogens with one attached hydrogen (secondary N) is 1. The van der Waals surface area contributed by atoms with Gasteiger partial charge in [0.1, 0.15) is 5.82 Å². The highest BCUT2D eigenvalue weighted by atomic mass is 79.9. The second kappa shape index (κ2) is 5.84. The van der Waals surface area contributed by atoms with Crippen molar-refractivity contribution in [2.75, 3.05) is 5.32 Å². The molecule has 1 aromatic heterocycles. The van der Waals surface area contributed by atoms with Crippen molar-refractivity contribution in [1.29, 1.82) is 0 Å². The van der Waals surface area contributed by atoms with Gasteiger partial charge in [-0.15, -0.1) is 0 Å². The van der Waals surface area contributed by atoms with Crippen LogP contribution < -0.4 is 5.32 Å². The van der Waals surface area contributed by atoms with Crippen molar-refractivity contribution in [3.8, 4) is 0 Å². The van der Waals surface area contributed by atoms with Crippen LogP contribution in [0.1, 0.15) is 10.4 Å². The molecule has 0 atom stereocenters. The molecule has 0 spiro atoms. The topological polar surface area (TPSA) is 42.0 Å². The first-order valence-electron chi connectivity index (χ1n) is 6.25. The maximum absolute atomic E-state index is 12.4. The third kappa shape index (κ3) is 2.91. The maximum atomic E-state index is 12.4. The van der Waals surface area contributed by atoms with E-state index in [0.29, 0.717) is 16.4 Å². The highest BCUT2D eigenvalue weighted by Crippen LogP contribution is 2.26. The summed E-state index contributed by atoms with van der Waals surface area (Å²) >= 11 is 9.47. The third-order valence-corrected chi connectivity index (χ3v) is 3.88. The van der Waals surface area contributed by atoms with E-state index >= 15 is 0 Å². The van der Waals surface area contributed by atoms with Crippen LogP contribution in [0, 0.1) is 0 Å². The van der Waals surface area contributed by atoms with Gasteiger partial charge in [0.2, 0.25) is 0 Å². The summed E-state index contributed by atoms with van der Waals surface area (Å²) in [5.41, 5.74) is 0.569.